The van der Waals surface area contributed by atoms with Gasteiger partial charge in [0.1, 0.15) is 11.9 Å². The van der Waals surface area contributed by atoms with Gasteiger partial charge >= 0.3 is 6.03 Å². The molecule has 1 aromatic heterocycles. The van der Waals surface area contributed by atoms with Gasteiger partial charge in [0.05, 0.1) is 26.0 Å². The second-order valence-electron chi connectivity index (χ2n) is 5.31. The highest BCUT2D eigenvalue weighted by Gasteiger charge is 2.28. The monoisotopic (exact) mass is 332 g/mol. The molecule has 3 rings (SSSR count). The molecule has 0 radical (unpaired) electrons. The van der Waals surface area contributed by atoms with Crippen LogP contribution in [0.2, 0.25) is 0 Å². The van der Waals surface area contributed by atoms with Crippen molar-refractivity contribution in [2.24, 2.45) is 0 Å². The second-order valence-corrected chi connectivity index (χ2v) is 5.31. The highest BCUT2D eigenvalue weighted by Crippen LogP contribution is 2.19. The van der Waals surface area contributed by atoms with Gasteiger partial charge in [-0.05, 0) is 24.3 Å². The molecule has 2 aromatic rings. The molecule has 0 aliphatic carbocycles. The van der Waals surface area contributed by atoms with Crippen molar-refractivity contribution in [3.05, 3.63) is 42.5 Å². The number of nitrogens with one attached hydrogen (secondary N) is 1. The number of aromatic nitrogens is 2. The Balaban J connectivity index is 1.54. The number of ether oxygens (including phenoxy) is 2. The van der Waals surface area contributed by atoms with Crippen LogP contribution in [0.4, 0.5) is 14.9 Å². The lowest BCUT2D eigenvalue weighted by molar-refractivity contribution is 0.188. The fourth-order valence-corrected chi connectivity index (χ4v) is 2.40. The molecule has 0 bridgehead atoms. The van der Waals surface area contributed by atoms with E-state index in [1.165, 1.54) is 43.8 Å². The maximum absolute atomic E-state index is 12.9. The van der Waals surface area contributed by atoms with Gasteiger partial charge in [-0.1, -0.05) is 0 Å². The number of carbonyl (C=O) groups is 1. The van der Waals surface area contributed by atoms with Crippen LogP contribution < -0.4 is 14.8 Å². The Morgan fingerprint density at radius 1 is 1.29 bits per heavy atom. The van der Waals surface area contributed by atoms with Crippen LogP contribution in [-0.2, 0) is 0 Å². The number of hydrogen-bond donors (Lipinski definition) is 1. The van der Waals surface area contributed by atoms with Crippen molar-refractivity contribution in [3.63, 3.8) is 0 Å². The number of urea groups is 1. The van der Waals surface area contributed by atoms with Gasteiger partial charge < -0.3 is 19.7 Å². The summed E-state index contributed by atoms with van der Waals surface area (Å²) in [6.45, 7) is 1.00. The lowest BCUT2D eigenvalue weighted by Gasteiger charge is -2.17. The molecule has 1 unspecified atom stereocenters. The van der Waals surface area contributed by atoms with Crippen molar-refractivity contribution in [3.8, 4) is 11.8 Å². The molecule has 8 heteroatoms. The van der Waals surface area contributed by atoms with Crippen molar-refractivity contribution in [1.82, 2.24) is 14.9 Å². The third-order valence-electron chi connectivity index (χ3n) is 3.61. The molecular formula is C16H17FN4O3. The molecule has 2 heterocycles. The van der Waals surface area contributed by atoms with E-state index < -0.39 is 0 Å². The van der Waals surface area contributed by atoms with Crippen LogP contribution in [0.3, 0.4) is 0 Å². The predicted molar refractivity (Wildman–Crippen MR) is 84.6 cm³/mol. The number of carbonyl (C=O) groups excluding carboxylic acids is 1. The zero-order valence-corrected chi connectivity index (χ0v) is 13.1. The standard InChI is InChI=1S/C16H17FN4O3/c1-23-14-8-18-9-15(20-14)24-13-6-7-21(10-13)16(22)19-12-4-2-11(17)3-5-12/h2-5,8-9,13H,6-7,10H2,1H3,(H,19,22). The minimum Gasteiger partial charge on any atom is -0.480 e. The minimum absolute atomic E-state index is 0.162. The Morgan fingerprint density at radius 2 is 2.04 bits per heavy atom. The van der Waals surface area contributed by atoms with E-state index in [-0.39, 0.29) is 18.0 Å². The molecule has 1 fully saturated rings. The number of halogens is 1. The molecule has 7 nitrogen and oxygen atoms in total. The average molecular weight is 332 g/mol. The number of rotatable bonds is 4. The summed E-state index contributed by atoms with van der Waals surface area (Å²) in [6, 6.07) is 5.39. The largest absolute Gasteiger partial charge is 0.480 e. The molecule has 1 aliphatic rings. The van der Waals surface area contributed by atoms with Crippen molar-refractivity contribution < 1.29 is 18.7 Å². The number of anilines is 1. The maximum Gasteiger partial charge on any atom is 0.321 e. The summed E-state index contributed by atoms with van der Waals surface area (Å²) in [5.74, 6) is 0.388. The first kappa shape index (κ1) is 16.0. The van der Waals surface area contributed by atoms with Crippen molar-refractivity contribution >= 4 is 11.7 Å². The minimum atomic E-state index is -0.345. The molecule has 1 saturated heterocycles. The molecule has 0 spiro atoms. The third kappa shape index (κ3) is 3.89. The van der Waals surface area contributed by atoms with E-state index in [1.54, 1.807) is 4.90 Å². The number of likely N-dealkylation sites (tertiary alicyclic amines) is 1. The van der Waals surface area contributed by atoms with E-state index in [1.807, 2.05) is 0 Å². The summed E-state index contributed by atoms with van der Waals surface area (Å²) in [7, 11) is 1.50. The summed E-state index contributed by atoms with van der Waals surface area (Å²) in [5, 5.41) is 2.73. The van der Waals surface area contributed by atoms with Gasteiger partial charge in [-0.15, -0.1) is 0 Å². The number of benzene rings is 1. The second kappa shape index (κ2) is 7.12. The van der Waals surface area contributed by atoms with E-state index in [9.17, 15) is 9.18 Å². The van der Waals surface area contributed by atoms with E-state index in [0.717, 1.165) is 0 Å². The molecular weight excluding hydrogens is 315 g/mol. The Morgan fingerprint density at radius 3 is 2.79 bits per heavy atom. The molecule has 1 aromatic carbocycles. The van der Waals surface area contributed by atoms with Gasteiger partial charge in [0.25, 0.3) is 0 Å². The lowest BCUT2D eigenvalue weighted by atomic mass is 10.3. The van der Waals surface area contributed by atoms with Gasteiger partial charge in [-0.3, -0.25) is 4.98 Å². The zero-order valence-electron chi connectivity index (χ0n) is 13.1. The highest BCUT2D eigenvalue weighted by molar-refractivity contribution is 5.89. The van der Waals surface area contributed by atoms with Gasteiger partial charge in [0.15, 0.2) is 0 Å². The zero-order chi connectivity index (χ0) is 16.9. The smallest absolute Gasteiger partial charge is 0.321 e. The SMILES string of the molecule is COc1cncc(OC2CCN(C(=O)Nc3ccc(F)cc3)C2)n1. The van der Waals surface area contributed by atoms with Gasteiger partial charge in [0.2, 0.25) is 11.8 Å². The molecule has 0 saturated carbocycles. The Hall–Kier alpha value is -2.90. The quantitative estimate of drug-likeness (QED) is 0.930. The van der Waals surface area contributed by atoms with Crippen LogP contribution in [0.15, 0.2) is 36.7 Å². The van der Waals surface area contributed by atoms with E-state index in [2.05, 4.69) is 15.3 Å². The van der Waals surface area contributed by atoms with Crippen molar-refractivity contribution in [2.75, 3.05) is 25.5 Å². The van der Waals surface area contributed by atoms with E-state index >= 15 is 0 Å². The van der Waals surface area contributed by atoms with Crippen LogP contribution in [-0.4, -0.2) is 47.2 Å². The van der Waals surface area contributed by atoms with Crippen LogP contribution in [0.1, 0.15) is 6.42 Å². The lowest BCUT2D eigenvalue weighted by Crippen LogP contribution is -2.34. The van der Waals surface area contributed by atoms with E-state index in [4.69, 9.17) is 9.47 Å². The summed E-state index contributed by atoms with van der Waals surface area (Å²) in [5.41, 5.74) is 0.546. The van der Waals surface area contributed by atoms with Crippen molar-refractivity contribution in [2.45, 2.75) is 12.5 Å². The first-order valence-corrected chi connectivity index (χ1v) is 7.48. The first-order valence-electron chi connectivity index (χ1n) is 7.48. The number of methoxy groups -OCH3 is 1. The summed E-state index contributed by atoms with van der Waals surface area (Å²) >= 11 is 0. The van der Waals surface area contributed by atoms with Gasteiger partial charge in [0, 0.05) is 18.7 Å². The molecule has 1 aliphatic heterocycles. The highest BCUT2D eigenvalue weighted by atomic mass is 19.1. The molecule has 2 amide bonds. The van der Waals surface area contributed by atoms with E-state index in [0.29, 0.717) is 37.0 Å². The fraction of sp³-hybridized carbons (Fsp3) is 0.312. The normalized spacial score (nSPS) is 16.8. The number of nitrogens with zero attached hydrogens (tertiary/aromatic N) is 3. The predicted octanol–water partition coefficient (Wildman–Crippen LogP) is 2.31. The molecule has 126 valence electrons. The van der Waals surface area contributed by atoms with Crippen LogP contribution in [0.25, 0.3) is 0 Å². The summed E-state index contributed by atoms with van der Waals surface area (Å²) in [4.78, 5) is 22.0. The van der Waals surface area contributed by atoms with Gasteiger partial charge in [-0.25, -0.2) is 9.18 Å². The number of amides is 2. The first-order chi connectivity index (χ1) is 11.6. The Labute approximate surface area is 138 Å². The summed E-state index contributed by atoms with van der Waals surface area (Å²) < 4.78 is 23.6. The molecule has 24 heavy (non-hydrogen) atoms. The van der Waals surface area contributed by atoms with Crippen LogP contribution >= 0.6 is 0 Å². The summed E-state index contributed by atoms with van der Waals surface area (Å²) in [6.07, 6.45) is 3.52. The fourth-order valence-electron chi connectivity index (χ4n) is 2.40. The molecule has 1 N–H and O–H groups in total. The Bertz CT molecular complexity index is 711. The maximum atomic E-state index is 12.9. The topological polar surface area (TPSA) is 76.6 Å². The van der Waals surface area contributed by atoms with Gasteiger partial charge in [-0.2, -0.15) is 4.98 Å². The molecule has 1 atom stereocenters. The number of hydrogen-bond acceptors (Lipinski definition) is 5. The van der Waals surface area contributed by atoms with Crippen molar-refractivity contribution in [1.29, 1.82) is 0 Å². The average Bonchev–Trinajstić information content (AvgIpc) is 3.06. The van der Waals surface area contributed by atoms with Crippen LogP contribution in [0.5, 0.6) is 11.8 Å². The third-order valence-corrected chi connectivity index (χ3v) is 3.61. The Kier molecular flexibility index (Phi) is 4.74. The van der Waals surface area contributed by atoms with Crippen LogP contribution in [0, 0.1) is 5.82 Å².